The molecule has 2 aliphatic rings. The molecule has 2 fully saturated rings. The molecule has 1 N–H and O–H groups in total. The van der Waals surface area contributed by atoms with Crippen molar-refractivity contribution in [2.45, 2.75) is 38.8 Å². The maximum Gasteiger partial charge on any atom is 0.108 e. The van der Waals surface area contributed by atoms with Crippen LogP contribution in [-0.2, 0) is 0 Å². The van der Waals surface area contributed by atoms with Crippen LogP contribution >= 0.6 is 0 Å². The Morgan fingerprint density at radius 2 is 2.25 bits per heavy atom. The monoisotopic (exact) mass is 166 g/mol. The Morgan fingerprint density at radius 3 is 2.33 bits per heavy atom. The molecule has 12 heavy (non-hydrogen) atoms. The molecular weight excluding hydrogens is 148 g/mol. The van der Waals surface area contributed by atoms with Crippen molar-refractivity contribution in [1.82, 2.24) is 10.4 Å². The topological polar surface area (TPSA) is 25.0 Å². The number of nitrogens with one attached hydrogen (secondary N) is 1. The lowest BCUT2D eigenvalue weighted by Gasteiger charge is -2.40. The first-order chi connectivity index (χ1) is 5.74. The number of hydrogen-bond acceptors (Lipinski definition) is 2. The molecule has 0 radical (unpaired) electrons. The first-order valence-corrected chi connectivity index (χ1v) is 4.94. The van der Waals surface area contributed by atoms with Crippen molar-refractivity contribution >= 4 is 0 Å². The molecule has 0 aromatic carbocycles. The van der Waals surface area contributed by atoms with Gasteiger partial charge in [0.1, 0.15) is 5.66 Å². The van der Waals surface area contributed by atoms with Crippen molar-refractivity contribution in [3.05, 3.63) is 12.7 Å². The van der Waals surface area contributed by atoms with Crippen molar-refractivity contribution in [3.8, 4) is 0 Å². The van der Waals surface area contributed by atoms with E-state index in [0.717, 1.165) is 0 Å². The Morgan fingerprint density at radius 1 is 1.58 bits per heavy atom. The Labute approximate surface area is 74.6 Å². The highest BCUT2D eigenvalue weighted by atomic mass is 15.8. The lowest BCUT2D eigenvalue weighted by Crippen LogP contribution is -2.47. The summed E-state index contributed by atoms with van der Waals surface area (Å²) >= 11 is 0. The van der Waals surface area contributed by atoms with Gasteiger partial charge in [0, 0.05) is 12.0 Å². The fourth-order valence-corrected chi connectivity index (χ4v) is 2.68. The van der Waals surface area contributed by atoms with Crippen molar-refractivity contribution in [3.63, 3.8) is 0 Å². The van der Waals surface area contributed by atoms with Crippen LogP contribution < -0.4 is 5.43 Å². The Bertz CT molecular complexity index is 204. The van der Waals surface area contributed by atoms with E-state index >= 15 is 0 Å². The van der Waals surface area contributed by atoms with Crippen molar-refractivity contribution in [2.24, 2.45) is 5.41 Å². The van der Waals surface area contributed by atoms with Gasteiger partial charge >= 0.3 is 0 Å². The first-order valence-electron chi connectivity index (χ1n) is 4.94. The predicted molar refractivity (Wildman–Crippen MR) is 50.4 cm³/mol. The van der Waals surface area contributed by atoms with Gasteiger partial charge in [-0.3, -0.25) is 0 Å². The highest BCUT2D eigenvalue weighted by Crippen LogP contribution is 2.55. The second-order valence-corrected chi connectivity index (χ2v) is 3.94. The molecule has 68 valence electrons. The van der Waals surface area contributed by atoms with E-state index in [9.17, 15) is 0 Å². The predicted octanol–water partition coefficient (Wildman–Crippen LogP) is 1.90. The zero-order valence-electron chi connectivity index (χ0n) is 8.06. The van der Waals surface area contributed by atoms with Gasteiger partial charge in [0.25, 0.3) is 0 Å². The van der Waals surface area contributed by atoms with Crippen LogP contribution in [0.2, 0.25) is 0 Å². The molecule has 0 bridgehead atoms. The average molecular weight is 166 g/mol. The van der Waals surface area contributed by atoms with E-state index in [-0.39, 0.29) is 0 Å². The molecule has 2 heteroatoms. The highest BCUT2D eigenvalue weighted by molar-refractivity contribution is 5.22. The molecule has 2 saturated heterocycles. The molecule has 0 spiro atoms. The molecular formula is C10H18N2. The number of rotatable bonds is 4. The minimum Gasteiger partial charge on any atom is -0.231 e. The van der Waals surface area contributed by atoms with E-state index in [2.05, 4.69) is 36.9 Å². The van der Waals surface area contributed by atoms with Crippen LogP contribution in [-0.4, -0.2) is 17.2 Å². The van der Waals surface area contributed by atoms with Gasteiger partial charge in [-0.1, -0.05) is 19.9 Å². The summed E-state index contributed by atoms with van der Waals surface area (Å²) in [5, 5.41) is 2.35. The second-order valence-electron chi connectivity index (χ2n) is 3.94. The van der Waals surface area contributed by atoms with E-state index in [1.807, 2.05) is 0 Å². The normalized spacial score (nSPS) is 38.3. The minimum absolute atomic E-state index is 0.311. The number of fused-ring (bicyclic) bond motifs is 1. The van der Waals surface area contributed by atoms with Crippen LogP contribution in [0, 0.1) is 5.41 Å². The molecule has 0 aromatic heterocycles. The van der Waals surface area contributed by atoms with Crippen molar-refractivity contribution in [2.75, 3.05) is 6.54 Å². The Balaban J connectivity index is 2.21. The fourth-order valence-electron chi connectivity index (χ4n) is 2.68. The van der Waals surface area contributed by atoms with Gasteiger partial charge in [0.2, 0.25) is 0 Å². The molecule has 2 aliphatic heterocycles. The molecule has 2 atom stereocenters. The summed E-state index contributed by atoms with van der Waals surface area (Å²) in [5.41, 5.74) is 4.10. The van der Waals surface area contributed by atoms with E-state index in [1.54, 1.807) is 0 Å². The molecule has 2 unspecified atom stereocenters. The third kappa shape index (κ3) is 0.679. The summed E-state index contributed by atoms with van der Waals surface area (Å²) in [6.45, 7) is 9.72. The van der Waals surface area contributed by atoms with Gasteiger partial charge in [-0.05, 0) is 19.3 Å². The summed E-state index contributed by atoms with van der Waals surface area (Å²) in [6, 6.07) is 0. The highest BCUT2D eigenvalue weighted by Gasteiger charge is 2.68. The molecule has 0 amide bonds. The third-order valence-corrected chi connectivity index (χ3v) is 3.90. The van der Waals surface area contributed by atoms with Gasteiger partial charge in [0.05, 0.1) is 0 Å². The summed E-state index contributed by atoms with van der Waals surface area (Å²) in [7, 11) is 0. The van der Waals surface area contributed by atoms with Gasteiger partial charge in [-0.2, -0.15) is 0 Å². The van der Waals surface area contributed by atoms with Gasteiger partial charge in [-0.25, -0.2) is 10.4 Å². The first kappa shape index (κ1) is 8.27. The standard InChI is InChI=1S/C10H18N2/c1-4-9(5-2,6-3)10-7-8-12(10)11-10/h4,11H,1,5-8H2,2-3H3. The SMILES string of the molecule is C=CC(CC)(CC)C12CCN1N2. The van der Waals surface area contributed by atoms with Gasteiger partial charge in [0.15, 0.2) is 0 Å². The number of hydrogen-bond donors (Lipinski definition) is 1. The zero-order valence-corrected chi connectivity index (χ0v) is 8.06. The maximum atomic E-state index is 3.98. The summed E-state index contributed by atoms with van der Waals surface area (Å²) in [4.78, 5) is 0. The van der Waals surface area contributed by atoms with E-state index < -0.39 is 0 Å². The van der Waals surface area contributed by atoms with Gasteiger partial charge < -0.3 is 0 Å². The molecule has 0 aromatic rings. The smallest absolute Gasteiger partial charge is 0.108 e. The molecule has 0 aliphatic carbocycles. The molecule has 2 rings (SSSR count). The molecule has 0 saturated carbocycles. The fraction of sp³-hybridized carbons (Fsp3) is 0.800. The van der Waals surface area contributed by atoms with E-state index in [1.165, 1.54) is 25.8 Å². The van der Waals surface area contributed by atoms with E-state index in [0.29, 0.717) is 11.1 Å². The molecule has 2 heterocycles. The Kier molecular flexibility index (Phi) is 1.61. The third-order valence-electron chi connectivity index (χ3n) is 3.90. The lowest BCUT2D eigenvalue weighted by atomic mass is 9.69. The van der Waals surface area contributed by atoms with Crippen LogP contribution in [0.5, 0.6) is 0 Å². The molecule has 2 nitrogen and oxygen atoms in total. The quantitative estimate of drug-likeness (QED) is 0.509. The van der Waals surface area contributed by atoms with Crippen LogP contribution in [0.4, 0.5) is 0 Å². The second kappa shape index (κ2) is 2.33. The van der Waals surface area contributed by atoms with Crippen LogP contribution in [0.25, 0.3) is 0 Å². The largest absolute Gasteiger partial charge is 0.231 e. The Hall–Kier alpha value is -0.340. The van der Waals surface area contributed by atoms with Crippen molar-refractivity contribution in [1.29, 1.82) is 0 Å². The average Bonchev–Trinajstić information content (AvgIpc) is 2.61. The lowest BCUT2D eigenvalue weighted by molar-refractivity contribution is 0.116. The van der Waals surface area contributed by atoms with Crippen molar-refractivity contribution < 1.29 is 0 Å². The zero-order chi connectivity index (χ0) is 8.82. The number of hydrazine groups is 1. The van der Waals surface area contributed by atoms with E-state index in [4.69, 9.17) is 0 Å². The van der Waals surface area contributed by atoms with Crippen LogP contribution in [0.15, 0.2) is 12.7 Å². The number of nitrogens with zero attached hydrogens (tertiary/aromatic N) is 1. The minimum atomic E-state index is 0.311. The van der Waals surface area contributed by atoms with Crippen LogP contribution in [0.3, 0.4) is 0 Å². The summed E-state index contributed by atoms with van der Waals surface area (Å²) < 4.78 is 0. The van der Waals surface area contributed by atoms with Crippen LogP contribution in [0.1, 0.15) is 33.1 Å². The summed E-state index contributed by atoms with van der Waals surface area (Å²) in [5.74, 6) is 0. The maximum absolute atomic E-state index is 3.98. The van der Waals surface area contributed by atoms with Gasteiger partial charge in [-0.15, -0.1) is 6.58 Å². The summed E-state index contributed by atoms with van der Waals surface area (Å²) in [6.07, 6.45) is 5.83.